The summed E-state index contributed by atoms with van der Waals surface area (Å²) in [5.74, 6) is -0.809. The molecule has 0 saturated heterocycles. The fourth-order valence-electron chi connectivity index (χ4n) is 2.25. The molecule has 0 fully saturated rings. The van der Waals surface area contributed by atoms with Crippen molar-refractivity contribution in [3.05, 3.63) is 48.2 Å². The van der Waals surface area contributed by atoms with Crippen molar-refractivity contribution >= 4 is 22.8 Å². The Morgan fingerprint density at radius 3 is 2.91 bits per heavy atom. The van der Waals surface area contributed by atoms with E-state index in [4.69, 9.17) is 9.15 Å². The third kappa shape index (κ3) is 4.22. The molecule has 23 heavy (non-hydrogen) atoms. The van der Waals surface area contributed by atoms with Crippen LogP contribution in [-0.2, 0) is 27.2 Å². The molecule has 122 valence electrons. The van der Waals surface area contributed by atoms with Gasteiger partial charge in [-0.2, -0.15) is 0 Å². The Hall–Kier alpha value is -2.56. The number of fused-ring (bicyclic) bond motifs is 1. The Bertz CT molecular complexity index is 717. The number of carbonyl (C=O) groups excluding carboxylic acids is 2. The van der Waals surface area contributed by atoms with Crippen molar-refractivity contribution in [2.75, 3.05) is 6.54 Å². The van der Waals surface area contributed by atoms with Gasteiger partial charge in [-0.3, -0.25) is 9.59 Å². The van der Waals surface area contributed by atoms with E-state index in [0.29, 0.717) is 6.54 Å². The van der Waals surface area contributed by atoms with Gasteiger partial charge in [0.05, 0.1) is 12.7 Å². The van der Waals surface area contributed by atoms with Crippen LogP contribution in [0.3, 0.4) is 0 Å². The number of ether oxygens (including phenoxy) is 1. The van der Waals surface area contributed by atoms with Gasteiger partial charge in [-0.1, -0.05) is 25.1 Å². The van der Waals surface area contributed by atoms with Crippen LogP contribution in [0.15, 0.2) is 41.5 Å². The summed E-state index contributed by atoms with van der Waals surface area (Å²) in [5, 5.41) is 3.48. The predicted octanol–water partition coefficient (Wildman–Crippen LogP) is 2.77. The molecule has 5 nitrogen and oxygen atoms in total. The number of aryl methyl sites for hydroxylation is 1. The third-order valence-corrected chi connectivity index (χ3v) is 3.56. The SMILES string of the molecule is C=CCNC(=O)[C@@H](C)OC(=O)Cc1coc2cc(CC)ccc12. The molecule has 0 saturated carbocycles. The number of rotatable bonds is 7. The molecule has 1 atom stereocenters. The number of furan rings is 1. The first-order valence-corrected chi connectivity index (χ1v) is 7.62. The highest BCUT2D eigenvalue weighted by Gasteiger charge is 2.18. The number of hydrogen-bond donors (Lipinski definition) is 1. The number of nitrogens with one attached hydrogen (secondary N) is 1. The monoisotopic (exact) mass is 315 g/mol. The summed E-state index contributed by atoms with van der Waals surface area (Å²) in [6.45, 7) is 7.46. The summed E-state index contributed by atoms with van der Waals surface area (Å²) in [6, 6.07) is 5.92. The summed E-state index contributed by atoms with van der Waals surface area (Å²) < 4.78 is 10.6. The molecular formula is C18H21NO4. The minimum absolute atomic E-state index is 0.0670. The van der Waals surface area contributed by atoms with Crippen molar-refractivity contribution in [3.63, 3.8) is 0 Å². The van der Waals surface area contributed by atoms with Gasteiger partial charge < -0.3 is 14.5 Å². The molecule has 0 aliphatic rings. The van der Waals surface area contributed by atoms with E-state index in [1.807, 2.05) is 18.2 Å². The van der Waals surface area contributed by atoms with E-state index in [2.05, 4.69) is 18.8 Å². The highest BCUT2D eigenvalue weighted by atomic mass is 16.5. The van der Waals surface area contributed by atoms with Crippen LogP contribution in [0.1, 0.15) is 25.0 Å². The van der Waals surface area contributed by atoms with Crippen LogP contribution >= 0.6 is 0 Å². The standard InChI is InChI=1S/C18H21NO4/c1-4-8-19-18(21)12(3)23-17(20)10-14-11-22-16-9-13(5-2)6-7-15(14)16/h4,6-7,9,11-12H,1,5,8,10H2,2-3H3,(H,19,21)/t12-/m1/s1. The van der Waals surface area contributed by atoms with Crippen LogP contribution in [-0.4, -0.2) is 24.5 Å². The quantitative estimate of drug-likeness (QED) is 0.630. The first-order valence-electron chi connectivity index (χ1n) is 7.62. The topological polar surface area (TPSA) is 68.5 Å². The van der Waals surface area contributed by atoms with Gasteiger partial charge >= 0.3 is 5.97 Å². The van der Waals surface area contributed by atoms with Crippen LogP contribution in [0.2, 0.25) is 0 Å². The largest absolute Gasteiger partial charge is 0.464 e. The van der Waals surface area contributed by atoms with Crippen molar-refractivity contribution in [2.45, 2.75) is 32.8 Å². The van der Waals surface area contributed by atoms with Crippen LogP contribution in [0, 0.1) is 0 Å². The van der Waals surface area contributed by atoms with Gasteiger partial charge in [0.1, 0.15) is 5.58 Å². The molecule has 2 aromatic rings. The third-order valence-electron chi connectivity index (χ3n) is 3.56. The smallest absolute Gasteiger partial charge is 0.311 e. The summed E-state index contributed by atoms with van der Waals surface area (Å²) in [4.78, 5) is 23.7. The second kappa shape index (κ2) is 7.63. The zero-order valence-corrected chi connectivity index (χ0v) is 13.4. The average molecular weight is 315 g/mol. The van der Waals surface area contributed by atoms with E-state index >= 15 is 0 Å². The normalized spacial score (nSPS) is 11.9. The first-order chi connectivity index (χ1) is 11.0. The molecule has 5 heteroatoms. The van der Waals surface area contributed by atoms with Gasteiger partial charge in [-0.25, -0.2) is 0 Å². The van der Waals surface area contributed by atoms with Crippen LogP contribution in [0.4, 0.5) is 0 Å². The lowest BCUT2D eigenvalue weighted by Crippen LogP contribution is -2.36. The Morgan fingerprint density at radius 1 is 1.43 bits per heavy atom. The number of hydrogen-bond acceptors (Lipinski definition) is 4. The maximum atomic E-state index is 12.0. The van der Waals surface area contributed by atoms with E-state index in [1.165, 1.54) is 12.5 Å². The van der Waals surface area contributed by atoms with Crippen molar-refractivity contribution in [1.82, 2.24) is 5.32 Å². The fourth-order valence-corrected chi connectivity index (χ4v) is 2.25. The van der Waals surface area contributed by atoms with Gasteiger partial charge in [-0.15, -0.1) is 6.58 Å². The average Bonchev–Trinajstić information content (AvgIpc) is 2.94. The van der Waals surface area contributed by atoms with Crippen molar-refractivity contribution < 1.29 is 18.7 Å². The molecule has 1 N–H and O–H groups in total. The Morgan fingerprint density at radius 2 is 2.22 bits per heavy atom. The Labute approximate surface area is 135 Å². The Balaban J connectivity index is 2.00. The molecule has 0 radical (unpaired) electrons. The maximum Gasteiger partial charge on any atom is 0.311 e. The second-order valence-corrected chi connectivity index (χ2v) is 5.29. The zero-order chi connectivity index (χ0) is 16.8. The zero-order valence-electron chi connectivity index (χ0n) is 13.4. The van der Waals surface area contributed by atoms with Crippen molar-refractivity contribution in [1.29, 1.82) is 0 Å². The molecule has 0 bridgehead atoms. The maximum absolute atomic E-state index is 12.0. The van der Waals surface area contributed by atoms with Crippen molar-refractivity contribution in [2.24, 2.45) is 0 Å². The minimum Gasteiger partial charge on any atom is -0.464 e. The minimum atomic E-state index is -0.840. The molecule has 0 aliphatic carbocycles. The first kappa shape index (κ1) is 16.8. The van der Waals surface area contributed by atoms with Gasteiger partial charge in [0.15, 0.2) is 6.10 Å². The lowest BCUT2D eigenvalue weighted by atomic mass is 10.1. The highest BCUT2D eigenvalue weighted by Crippen LogP contribution is 2.23. The van der Waals surface area contributed by atoms with Gasteiger partial charge in [0.2, 0.25) is 0 Å². The molecule has 0 spiro atoms. The molecule has 2 rings (SSSR count). The number of amides is 1. The van der Waals surface area contributed by atoms with E-state index in [1.54, 1.807) is 12.3 Å². The molecule has 1 aromatic carbocycles. The molecule has 0 aliphatic heterocycles. The molecule has 1 heterocycles. The van der Waals surface area contributed by atoms with E-state index in [9.17, 15) is 9.59 Å². The summed E-state index contributed by atoms with van der Waals surface area (Å²) >= 11 is 0. The van der Waals surface area contributed by atoms with E-state index in [0.717, 1.165) is 23.0 Å². The summed E-state index contributed by atoms with van der Waals surface area (Å²) in [5.41, 5.74) is 2.68. The molecule has 1 aromatic heterocycles. The van der Waals surface area contributed by atoms with Crippen LogP contribution < -0.4 is 5.32 Å². The summed E-state index contributed by atoms with van der Waals surface area (Å²) in [6.07, 6.45) is 3.28. The fraction of sp³-hybridized carbons (Fsp3) is 0.333. The van der Waals surface area contributed by atoms with Gasteiger partial charge in [-0.05, 0) is 25.0 Å². The van der Waals surface area contributed by atoms with E-state index < -0.39 is 12.1 Å². The van der Waals surface area contributed by atoms with Crippen LogP contribution in [0.25, 0.3) is 11.0 Å². The van der Waals surface area contributed by atoms with Gasteiger partial charge in [0, 0.05) is 17.5 Å². The van der Waals surface area contributed by atoms with Crippen molar-refractivity contribution in [3.8, 4) is 0 Å². The highest BCUT2D eigenvalue weighted by molar-refractivity contribution is 5.88. The number of carbonyl (C=O) groups is 2. The molecule has 0 unspecified atom stereocenters. The number of benzene rings is 1. The van der Waals surface area contributed by atoms with Gasteiger partial charge in [0.25, 0.3) is 5.91 Å². The lowest BCUT2D eigenvalue weighted by molar-refractivity contribution is -0.154. The molecular weight excluding hydrogens is 294 g/mol. The Kier molecular flexibility index (Phi) is 5.57. The predicted molar refractivity (Wildman–Crippen MR) is 88.1 cm³/mol. The number of esters is 1. The summed E-state index contributed by atoms with van der Waals surface area (Å²) in [7, 11) is 0. The van der Waals surface area contributed by atoms with Crippen LogP contribution in [0.5, 0.6) is 0 Å². The molecule has 1 amide bonds. The van der Waals surface area contributed by atoms with E-state index in [-0.39, 0.29) is 12.3 Å². The lowest BCUT2D eigenvalue weighted by Gasteiger charge is -2.12. The second-order valence-electron chi connectivity index (χ2n) is 5.29.